The lowest BCUT2D eigenvalue weighted by atomic mass is 9.94. The van der Waals surface area contributed by atoms with Gasteiger partial charge in [-0.3, -0.25) is 0 Å². The monoisotopic (exact) mass is 255 g/mol. The molecular weight excluding hydrogens is 226 g/mol. The van der Waals surface area contributed by atoms with Gasteiger partial charge in [-0.1, -0.05) is 25.7 Å². The van der Waals surface area contributed by atoms with Crippen molar-refractivity contribution < 1.29 is 9.47 Å². The lowest BCUT2D eigenvalue weighted by molar-refractivity contribution is -0.0744. The number of hydrogen-bond acceptors (Lipinski definition) is 3. The Kier molecular flexibility index (Phi) is 5.93. The van der Waals surface area contributed by atoms with Crippen LogP contribution in [0.5, 0.6) is 0 Å². The second-order valence-electron chi connectivity index (χ2n) is 5.80. The van der Waals surface area contributed by atoms with Crippen LogP contribution in [-0.4, -0.2) is 38.0 Å². The van der Waals surface area contributed by atoms with Crippen LogP contribution in [-0.2, 0) is 9.47 Å². The first-order valence-electron chi connectivity index (χ1n) is 7.80. The Morgan fingerprint density at radius 2 is 1.78 bits per heavy atom. The highest BCUT2D eigenvalue weighted by molar-refractivity contribution is 4.90. The SMILES string of the molecule is CCOCCOC1(CNC2CC2)CCCCCC1. The van der Waals surface area contributed by atoms with Crippen molar-refractivity contribution in [2.75, 3.05) is 26.4 Å². The number of nitrogens with one attached hydrogen (secondary N) is 1. The average molecular weight is 255 g/mol. The summed E-state index contributed by atoms with van der Waals surface area (Å²) >= 11 is 0. The third kappa shape index (κ3) is 4.87. The highest BCUT2D eigenvalue weighted by Crippen LogP contribution is 2.31. The molecule has 0 aliphatic heterocycles. The molecular formula is C15H29NO2. The van der Waals surface area contributed by atoms with Gasteiger partial charge in [0.1, 0.15) is 0 Å². The molecule has 0 aromatic carbocycles. The molecule has 2 saturated carbocycles. The van der Waals surface area contributed by atoms with E-state index in [-0.39, 0.29) is 5.60 Å². The minimum absolute atomic E-state index is 0.0934. The summed E-state index contributed by atoms with van der Waals surface area (Å²) in [6.45, 7) is 5.36. The highest BCUT2D eigenvalue weighted by atomic mass is 16.5. The van der Waals surface area contributed by atoms with Crippen LogP contribution in [0.25, 0.3) is 0 Å². The molecule has 2 rings (SSSR count). The molecule has 0 radical (unpaired) electrons. The van der Waals surface area contributed by atoms with E-state index in [0.29, 0.717) is 0 Å². The van der Waals surface area contributed by atoms with Crippen LogP contribution in [0.1, 0.15) is 58.3 Å². The quantitative estimate of drug-likeness (QED) is 0.534. The fourth-order valence-electron chi connectivity index (χ4n) is 2.82. The van der Waals surface area contributed by atoms with Crippen molar-refractivity contribution in [2.45, 2.75) is 69.9 Å². The van der Waals surface area contributed by atoms with E-state index in [0.717, 1.165) is 32.4 Å². The first-order chi connectivity index (χ1) is 8.85. The summed E-state index contributed by atoms with van der Waals surface area (Å²) in [5, 5.41) is 3.67. The van der Waals surface area contributed by atoms with E-state index < -0.39 is 0 Å². The van der Waals surface area contributed by atoms with Gasteiger partial charge < -0.3 is 14.8 Å². The van der Waals surface area contributed by atoms with Crippen molar-refractivity contribution in [3.63, 3.8) is 0 Å². The predicted molar refractivity (Wildman–Crippen MR) is 73.9 cm³/mol. The van der Waals surface area contributed by atoms with E-state index in [4.69, 9.17) is 9.47 Å². The van der Waals surface area contributed by atoms with Gasteiger partial charge in [0.05, 0.1) is 18.8 Å². The van der Waals surface area contributed by atoms with Crippen LogP contribution in [0.3, 0.4) is 0 Å². The minimum atomic E-state index is 0.0934. The summed E-state index contributed by atoms with van der Waals surface area (Å²) in [7, 11) is 0. The Morgan fingerprint density at radius 3 is 2.39 bits per heavy atom. The van der Waals surface area contributed by atoms with E-state index in [1.165, 1.54) is 51.4 Å². The normalized spacial score (nSPS) is 23.8. The predicted octanol–water partition coefficient (Wildman–Crippen LogP) is 2.88. The zero-order valence-electron chi connectivity index (χ0n) is 11.9. The lowest BCUT2D eigenvalue weighted by Crippen LogP contribution is -2.44. The smallest absolute Gasteiger partial charge is 0.0807 e. The average Bonchev–Trinajstić information content (AvgIpc) is 3.20. The Labute approximate surface area is 112 Å². The van der Waals surface area contributed by atoms with Crippen molar-refractivity contribution >= 4 is 0 Å². The summed E-state index contributed by atoms with van der Waals surface area (Å²) in [5.74, 6) is 0. The molecule has 3 nitrogen and oxygen atoms in total. The number of hydrogen-bond donors (Lipinski definition) is 1. The van der Waals surface area contributed by atoms with Crippen LogP contribution in [0.4, 0.5) is 0 Å². The summed E-state index contributed by atoms with van der Waals surface area (Å²) in [4.78, 5) is 0. The second-order valence-corrected chi connectivity index (χ2v) is 5.80. The van der Waals surface area contributed by atoms with E-state index >= 15 is 0 Å². The molecule has 2 aliphatic rings. The van der Waals surface area contributed by atoms with Crippen molar-refractivity contribution in [1.82, 2.24) is 5.32 Å². The lowest BCUT2D eigenvalue weighted by Gasteiger charge is -2.33. The van der Waals surface area contributed by atoms with Crippen LogP contribution >= 0.6 is 0 Å². The van der Waals surface area contributed by atoms with Crippen LogP contribution in [0.15, 0.2) is 0 Å². The van der Waals surface area contributed by atoms with Gasteiger partial charge in [0.15, 0.2) is 0 Å². The molecule has 0 aromatic heterocycles. The molecule has 18 heavy (non-hydrogen) atoms. The zero-order valence-corrected chi connectivity index (χ0v) is 11.9. The van der Waals surface area contributed by atoms with E-state index in [2.05, 4.69) is 5.32 Å². The third-order valence-corrected chi connectivity index (χ3v) is 4.15. The van der Waals surface area contributed by atoms with Gasteiger partial charge in [0, 0.05) is 19.2 Å². The number of rotatable bonds is 8. The van der Waals surface area contributed by atoms with E-state index in [1.807, 2.05) is 6.92 Å². The first kappa shape index (κ1) is 14.3. The molecule has 0 unspecified atom stereocenters. The van der Waals surface area contributed by atoms with E-state index in [1.54, 1.807) is 0 Å². The van der Waals surface area contributed by atoms with Crippen molar-refractivity contribution in [2.24, 2.45) is 0 Å². The standard InChI is InChI=1S/C15H29NO2/c1-2-17-11-12-18-15(13-16-14-7-8-14)9-5-3-4-6-10-15/h14,16H,2-13H2,1H3. The molecule has 0 amide bonds. The summed E-state index contributed by atoms with van der Waals surface area (Å²) < 4.78 is 11.6. The van der Waals surface area contributed by atoms with Crippen LogP contribution in [0, 0.1) is 0 Å². The van der Waals surface area contributed by atoms with Crippen LogP contribution in [0.2, 0.25) is 0 Å². The Morgan fingerprint density at radius 1 is 1.06 bits per heavy atom. The van der Waals surface area contributed by atoms with Crippen molar-refractivity contribution in [3.05, 3.63) is 0 Å². The Bertz CT molecular complexity index is 221. The first-order valence-corrected chi connectivity index (χ1v) is 7.80. The number of ether oxygens (including phenoxy) is 2. The van der Waals surface area contributed by atoms with Gasteiger partial charge in [0.2, 0.25) is 0 Å². The maximum atomic E-state index is 6.24. The highest BCUT2D eigenvalue weighted by Gasteiger charge is 2.33. The second kappa shape index (κ2) is 7.46. The van der Waals surface area contributed by atoms with Crippen molar-refractivity contribution in [1.29, 1.82) is 0 Å². The summed E-state index contributed by atoms with van der Waals surface area (Å²) in [6.07, 6.45) is 10.5. The van der Waals surface area contributed by atoms with Crippen LogP contribution < -0.4 is 5.32 Å². The molecule has 3 heteroatoms. The molecule has 0 spiro atoms. The molecule has 1 N–H and O–H groups in total. The molecule has 0 bridgehead atoms. The molecule has 106 valence electrons. The third-order valence-electron chi connectivity index (χ3n) is 4.15. The van der Waals surface area contributed by atoms with E-state index in [9.17, 15) is 0 Å². The Hall–Kier alpha value is -0.120. The van der Waals surface area contributed by atoms with Gasteiger partial charge in [-0.2, -0.15) is 0 Å². The van der Waals surface area contributed by atoms with Gasteiger partial charge in [0.25, 0.3) is 0 Å². The zero-order chi connectivity index (χ0) is 12.7. The molecule has 0 heterocycles. The fourth-order valence-corrected chi connectivity index (χ4v) is 2.82. The summed E-state index contributed by atoms with van der Waals surface area (Å²) in [5.41, 5.74) is 0.0934. The van der Waals surface area contributed by atoms with Gasteiger partial charge in [-0.05, 0) is 32.6 Å². The Balaban J connectivity index is 1.78. The molecule has 2 fully saturated rings. The molecule has 2 aliphatic carbocycles. The largest absolute Gasteiger partial charge is 0.379 e. The molecule has 0 aromatic rings. The maximum absolute atomic E-state index is 6.24. The minimum Gasteiger partial charge on any atom is -0.379 e. The van der Waals surface area contributed by atoms with Gasteiger partial charge >= 0.3 is 0 Å². The summed E-state index contributed by atoms with van der Waals surface area (Å²) in [6, 6.07) is 0.778. The van der Waals surface area contributed by atoms with Crippen molar-refractivity contribution in [3.8, 4) is 0 Å². The molecule has 0 atom stereocenters. The maximum Gasteiger partial charge on any atom is 0.0807 e. The fraction of sp³-hybridized carbons (Fsp3) is 1.00. The van der Waals surface area contributed by atoms with Gasteiger partial charge in [-0.15, -0.1) is 0 Å². The molecule has 0 saturated heterocycles. The topological polar surface area (TPSA) is 30.5 Å². The van der Waals surface area contributed by atoms with Gasteiger partial charge in [-0.25, -0.2) is 0 Å².